The number of hydrogen-bond donors (Lipinski definition) is 0. The van der Waals surface area contributed by atoms with Crippen molar-refractivity contribution in [3.63, 3.8) is 0 Å². The molecule has 0 saturated heterocycles. The molecule has 4 bridgehead atoms. The van der Waals surface area contributed by atoms with Crippen LogP contribution in [-0.2, 0) is 6.73 Å². The number of ether oxygens (including phenoxy) is 1. The second-order valence-corrected chi connectivity index (χ2v) is 9.50. The van der Waals surface area contributed by atoms with Crippen molar-refractivity contribution in [2.75, 3.05) is 7.05 Å². The summed E-state index contributed by atoms with van der Waals surface area (Å²) in [4.78, 5) is 15.2. The number of nitrogens with zero attached hydrogens (tertiary/aromatic N) is 3. The maximum atomic E-state index is 13.3. The Labute approximate surface area is 174 Å². The Hall–Kier alpha value is -2.08. The fourth-order valence-corrected chi connectivity index (χ4v) is 6.29. The van der Waals surface area contributed by atoms with Gasteiger partial charge >= 0.3 is 0 Å². The van der Waals surface area contributed by atoms with Gasteiger partial charge in [0.05, 0.1) is 5.02 Å². The lowest BCUT2D eigenvalue weighted by Gasteiger charge is -2.59. The van der Waals surface area contributed by atoms with E-state index >= 15 is 0 Å². The first kappa shape index (κ1) is 18.9. The van der Waals surface area contributed by atoms with Gasteiger partial charge in [-0.15, -0.1) is 0 Å². The monoisotopic (exact) mass is 417 g/mol. The van der Waals surface area contributed by atoms with E-state index in [1.54, 1.807) is 16.9 Å². The fraction of sp³-hybridized carbons (Fsp3) is 0.545. The quantitative estimate of drug-likeness (QED) is 0.705. The van der Waals surface area contributed by atoms with Gasteiger partial charge in [-0.05, 0) is 74.5 Å². The van der Waals surface area contributed by atoms with E-state index in [1.165, 1.54) is 37.5 Å². The molecule has 29 heavy (non-hydrogen) atoms. The summed E-state index contributed by atoms with van der Waals surface area (Å²) in [5, 5.41) is 4.42. The number of benzene rings is 1. The molecule has 4 saturated carbocycles. The van der Waals surface area contributed by atoms with Gasteiger partial charge in [0, 0.05) is 24.8 Å². The van der Waals surface area contributed by atoms with Gasteiger partial charge in [0.25, 0.3) is 5.91 Å². The van der Waals surface area contributed by atoms with Gasteiger partial charge in [-0.2, -0.15) is 5.10 Å². The number of aromatic nitrogens is 2. The molecule has 154 valence electrons. The summed E-state index contributed by atoms with van der Waals surface area (Å²) in [6.07, 6.45) is 9.18. The van der Waals surface area contributed by atoms with Gasteiger partial charge < -0.3 is 9.64 Å². The Kier molecular flexibility index (Phi) is 4.57. The first-order valence-corrected chi connectivity index (χ1v) is 10.7. The van der Waals surface area contributed by atoms with E-state index in [2.05, 4.69) is 5.10 Å². The van der Waals surface area contributed by atoms with Crippen LogP contribution in [0, 0.1) is 23.6 Å². The van der Waals surface area contributed by atoms with Crippen LogP contribution in [0.5, 0.6) is 5.75 Å². The topological polar surface area (TPSA) is 47.4 Å². The van der Waals surface area contributed by atoms with Crippen molar-refractivity contribution in [3.05, 3.63) is 47.0 Å². The van der Waals surface area contributed by atoms with E-state index in [0.717, 1.165) is 37.0 Å². The molecule has 0 unspecified atom stereocenters. The van der Waals surface area contributed by atoms with Crippen molar-refractivity contribution in [2.45, 2.75) is 50.8 Å². The van der Waals surface area contributed by atoms with Gasteiger partial charge in [-0.1, -0.05) is 11.6 Å². The predicted molar refractivity (Wildman–Crippen MR) is 107 cm³/mol. The van der Waals surface area contributed by atoms with Crippen molar-refractivity contribution >= 4 is 17.5 Å². The third-order valence-electron chi connectivity index (χ3n) is 7.14. The Bertz CT molecular complexity index is 909. The van der Waals surface area contributed by atoms with Gasteiger partial charge in [-0.3, -0.25) is 4.79 Å². The zero-order valence-electron chi connectivity index (χ0n) is 16.5. The van der Waals surface area contributed by atoms with E-state index < -0.39 is 5.82 Å². The molecule has 4 aliphatic carbocycles. The summed E-state index contributed by atoms with van der Waals surface area (Å²) in [5.74, 6) is 2.29. The molecule has 0 aliphatic heterocycles. The Morgan fingerprint density at radius 3 is 2.52 bits per heavy atom. The highest BCUT2D eigenvalue weighted by atomic mass is 35.5. The molecule has 1 aromatic carbocycles. The number of halogens is 2. The second-order valence-electron chi connectivity index (χ2n) is 9.10. The summed E-state index contributed by atoms with van der Waals surface area (Å²) >= 11 is 5.78. The van der Waals surface area contributed by atoms with Crippen LogP contribution in [0.4, 0.5) is 4.39 Å². The van der Waals surface area contributed by atoms with Crippen LogP contribution in [0.2, 0.25) is 5.02 Å². The Morgan fingerprint density at radius 2 is 1.90 bits per heavy atom. The summed E-state index contributed by atoms with van der Waals surface area (Å²) in [6, 6.07) is 5.93. The van der Waals surface area contributed by atoms with Crippen LogP contribution < -0.4 is 4.74 Å². The molecule has 5 nitrogen and oxygen atoms in total. The summed E-state index contributed by atoms with van der Waals surface area (Å²) < 4.78 is 20.4. The van der Waals surface area contributed by atoms with Crippen LogP contribution in [-0.4, -0.2) is 33.2 Å². The molecule has 2 aromatic rings. The van der Waals surface area contributed by atoms with E-state index in [9.17, 15) is 9.18 Å². The third kappa shape index (κ3) is 3.41. The zero-order valence-corrected chi connectivity index (χ0v) is 17.2. The number of carbonyl (C=O) groups is 1. The number of amides is 1. The number of hydrogen-bond acceptors (Lipinski definition) is 3. The molecule has 0 spiro atoms. The van der Waals surface area contributed by atoms with Crippen LogP contribution in [0.25, 0.3) is 0 Å². The van der Waals surface area contributed by atoms with Crippen molar-refractivity contribution in [3.8, 4) is 5.75 Å². The van der Waals surface area contributed by atoms with Crippen LogP contribution in [0.15, 0.2) is 30.5 Å². The normalized spacial score (nSPS) is 29.8. The Morgan fingerprint density at radius 1 is 1.24 bits per heavy atom. The summed E-state index contributed by atoms with van der Waals surface area (Å²) in [5.41, 5.74) is 0.445. The molecule has 6 rings (SSSR count). The highest BCUT2D eigenvalue weighted by Crippen LogP contribution is 2.57. The molecule has 7 heteroatoms. The van der Waals surface area contributed by atoms with Crippen LogP contribution >= 0.6 is 11.6 Å². The second kappa shape index (κ2) is 7.01. The zero-order chi connectivity index (χ0) is 20.2. The average molecular weight is 418 g/mol. The standard InChI is InChI=1S/C22H25ClFN3O2/c1-26(22-10-14-6-15(11-22)8-16(7-14)12-22)21(28)20-4-5-27(25-20)13-29-17-2-3-19(24)18(23)9-17/h2-5,9,14-16H,6-8,10-13H2,1H3. The lowest BCUT2D eigenvalue weighted by Crippen LogP contribution is -2.60. The first-order chi connectivity index (χ1) is 13.9. The molecule has 0 N–H and O–H groups in total. The maximum absolute atomic E-state index is 13.3. The predicted octanol–water partition coefficient (Wildman–Crippen LogP) is 4.75. The average Bonchev–Trinajstić information content (AvgIpc) is 3.16. The smallest absolute Gasteiger partial charge is 0.274 e. The van der Waals surface area contributed by atoms with Gasteiger partial charge in [0.15, 0.2) is 12.4 Å². The van der Waals surface area contributed by atoms with E-state index in [-0.39, 0.29) is 23.2 Å². The Balaban J connectivity index is 1.26. The molecule has 0 radical (unpaired) electrons. The van der Waals surface area contributed by atoms with Gasteiger partial charge in [0.2, 0.25) is 0 Å². The molecule has 0 atom stereocenters. The minimum absolute atomic E-state index is 0.0102. The van der Waals surface area contributed by atoms with Gasteiger partial charge in [-0.25, -0.2) is 9.07 Å². The largest absolute Gasteiger partial charge is 0.471 e. The van der Waals surface area contributed by atoms with Crippen LogP contribution in [0.1, 0.15) is 49.0 Å². The number of rotatable bonds is 5. The van der Waals surface area contributed by atoms with E-state index in [0.29, 0.717) is 11.4 Å². The molecule has 4 fully saturated rings. The van der Waals surface area contributed by atoms with Crippen molar-refractivity contribution < 1.29 is 13.9 Å². The summed E-state index contributed by atoms with van der Waals surface area (Å²) in [7, 11) is 1.95. The highest BCUT2D eigenvalue weighted by molar-refractivity contribution is 6.30. The van der Waals surface area contributed by atoms with E-state index in [4.69, 9.17) is 16.3 Å². The molecular formula is C22H25ClFN3O2. The molecule has 1 amide bonds. The lowest BCUT2D eigenvalue weighted by atomic mass is 9.52. The minimum atomic E-state index is -0.487. The maximum Gasteiger partial charge on any atom is 0.274 e. The van der Waals surface area contributed by atoms with E-state index in [1.807, 2.05) is 11.9 Å². The van der Waals surface area contributed by atoms with Crippen molar-refractivity contribution in [1.82, 2.24) is 14.7 Å². The molecule has 4 aliphatic rings. The fourth-order valence-electron chi connectivity index (χ4n) is 6.12. The highest BCUT2D eigenvalue weighted by Gasteiger charge is 2.53. The summed E-state index contributed by atoms with van der Waals surface area (Å²) in [6.45, 7) is 0.121. The van der Waals surface area contributed by atoms with Crippen molar-refractivity contribution in [1.29, 1.82) is 0 Å². The van der Waals surface area contributed by atoms with Gasteiger partial charge in [0.1, 0.15) is 11.6 Å². The first-order valence-electron chi connectivity index (χ1n) is 10.3. The molecular weight excluding hydrogens is 393 g/mol. The SMILES string of the molecule is CN(C(=O)c1ccn(COc2ccc(F)c(Cl)c2)n1)C12CC3CC(CC(C3)C1)C2. The minimum Gasteiger partial charge on any atom is -0.471 e. The number of carbonyl (C=O) groups excluding carboxylic acids is 1. The third-order valence-corrected chi connectivity index (χ3v) is 7.43. The molecule has 1 aromatic heterocycles. The lowest BCUT2D eigenvalue weighted by molar-refractivity contribution is -0.0667. The molecule has 1 heterocycles. The van der Waals surface area contributed by atoms with Crippen molar-refractivity contribution in [2.24, 2.45) is 17.8 Å². The van der Waals surface area contributed by atoms with Crippen LogP contribution in [0.3, 0.4) is 0 Å².